The predicted molar refractivity (Wildman–Crippen MR) is 59.7 cm³/mol. The number of hydrogen-bond donors (Lipinski definition) is 0. The fourth-order valence-corrected chi connectivity index (χ4v) is 3.96. The summed E-state index contributed by atoms with van der Waals surface area (Å²) in [6.45, 7) is 8.07. The van der Waals surface area contributed by atoms with Gasteiger partial charge in [-0.15, -0.1) is 0 Å². The summed E-state index contributed by atoms with van der Waals surface area (Å²) >= 11 is 6.23. The number of nitrogens with zero attached hydrogens (tertiary/aromatic N) is 1. The van der Waals surface area contributed by atoms with E-state index in [1.54, 1.807) is 11.8 Å². The second kappa shape index (κ2) is 8.24. The van der Waals surface area contributed by atoms with Crippen molar-refractivity contribution in [1.82, 2.24) is 3.46 Å². The van der Waals surface area contributed by atoms with Crippen LogP contribution in [0.4, 0.5) is 0 Å². The van der Waals surface area contributed by atoms with Gasteiger partial charge in [0, 0.05) is 0 Å². The molecule has 0 atom stereocenters. The summed E-state index contributed by atoms with van der Waals surface area (Å²) in [7, 11) is 5.05. The first kappa shape index (κ1) is 12.6. The minimum atomic E-state index is -0.537. The Balaban J connectivity index is 3.92. The van der Waals surface area contributed by atoms with Crippen LogP contribution in [0.3, 0.4) is 0 Å². The van der Waals surface area contributed by atoms with E-state index in [-0.39, 0.29) is 0 Å². The van der Waals surface area contributed by atoms with E-state index >= 15 is 0 Å². The molecule has 0 aliphatic rings. The molecule has 0 aliphatic carbocycles. The average molecular weight is 300 g/mol. The quantitative estimate of drug-likeness (QED) is 0.436. The standard InChI is InChI=1S/C7H11NS2.Mo.S/c1-3-5-8-7(9)10-6-4-2;;/h3-4H,1-2,5-6H2,(H,8,9);;/q;+1;/p-1. The molecule has 0 heterocycles. The number of thiocarbonyl (C=S) groups is 1. The molecule has 0 saturated carbocycles. The fourth-order valence-electron chi connectivity index (χ4n) is 0.455. The molecule has 0 radical (unpaired) electrons. The van der Waals surface area contributed by atoms with Crippen molar-refractivity contribution < 1.29 is 17.0 Å². The summed E-state index contributed by atoms with van der Waals surface area (Å²) in [6.07, 6.45) is 3.67. The topological polar surface area (TPSA) is 3.24 Å². The summed E-state index contributed by atoms with van der Waals surface area (Å²) < 4.78 is 2.93. The first-order valence-corrected chi connectivity index (χ1v) is 8.30. The third-order valence-corrected chi connectivity index (χ3v) is 5.30. The van der Waals surface area contributed by atoms with Gasteiger partial charge < -0.3 is 0 Å². The molecular weight excluding hydrogens is 290 g/mol. The van der Waals surface area contributed by atoms with Crippen molar-refractivity contribution in [3.63, 3.8) is 0 Å². The van der Waals surface area contributed by atoms with Gasteiger partial charge in [0.25, 0.3) is 0 Å². The Hall–Kier alpha value is 0.628. The van der Waals surface area contributed by atoms with E-state index in [4.69, 9.17) is 22.0 Å². The van der Waals surface area contributed by atoms with Crippen LogP contribution in [0.15, 0.2) is 25.3 Å². The Morgan fingerprint density at radius 2 is 2.17 bits per heavy atom. The van der Waals surface area contributed by atoms with Crippen LogP contribution in [0.2, 0.25) is 0 Å². The molecule has 0 fully saturated rings. The van der Waals surface area contributed by atoms with E-state index < -0.39 is 17.0 Å². The predicted octanol–water partition coefficient (Wildman–Crippen LogP) is 2.79. The number of hydrogen-bond acceptors (Lipinski definition) is 3. The van der Waals surface area contributed by atoms with Crippen LogP contribution in [0.5, 0.6) is 0 Å². The van der Waals surface area contributed by atoms with E-state index in [0.717, 1.165) is 16.6 Å². The summed E-state index contributed by atoms with van der Waals surface area (Å²) in [5.74, 6) is 0.856. The van der Waals surface area contributed by atoms with E-state index in [1.165, 1.54) is 0 Å². The molecule has 0 aromatic heterocycles. The third kappa shape index (κ3) is 5.30. The summed E-state index contributed by atoms with van der Waals surface area (Å²) in [5, 5.41) is 0. The van der Waals surface area contributed by atoms with Gasteiger partial charge in [-0.25, -0.2) is 0 Å². The maximum atomic E-state index is 5.16. The monoisotopic (exact) mass is 302 g/mol. The van der Waals surface area contributed by atoms with Gasteiger partial charge in [-0.3, -0.25) is 0 Å². The minimum absolute atomic E-state index is 0.537. The molecule has 0 aromatic rings. The summed E-state index contributed by atoms with van der Waals surface area (Å²) in [6, 6.07) is 0. The summed E-state index contributed by atoms with van der Waals surface area (Å²) in [4.78, 5) is 0. The Kier molecular flexibility index (Phi) is 8.67. The van der Waals surface area contributed by atoms with Crippen molar-refractivity contribution in [3.8, 4) is 0 Å². The SMILES string of the molecule is C=CCSC(=S)[N](CC=C)[Mo]=[S]. The van der Waals surface area contributed by atoms with Gasteiger partial charge in [0.1, 0.15) is 0 Å². The Bertz CT molecular complexity index is 193. The zero-order valence-corrected chi connectivity index (χ0v) is 11.0. The first-order chi connectivity index (χ1) is 5.76. The summed E-state index contributed by atoms with van der Waals surface area (Å²) in [5.41, 5.74) is 0. The first-order valence-electron chi connectivity index (χ1n) is 3.22. The van der Waals surface area contributed by atoms with Crippen LogP contribution in [0, 0.1) is 0 Å². The van der Waals surface area contributed by atoms with Crippen LogP contribution >= 0.6 is 33.8 Å². The Labute approximate surface area is 95.6 Å². The van der Waals surface area contributed by atoms with Crippen LogP contribution in [0.1, 0.15) is 0 Å². The normalized spacial score (nSPS) is 8.67. The van der Waals surface area contributed by atoms with Crippen molar-refractivity contribution >= 4 is 38.1 Å². The number of thioether (sulfide) groups is 1. The van der Waals surface area contributed by atoms with Gasteiger partial charge in [-0.05, 0) is 0 Å². The van der Waals surface area contributed by atoms with E-state index in [2.05, 4.69) is 16.6 Å². The molecule has 12 heavy (non-hydrogen) atoms. The molecule has 0 bridgehead atoms. The van der Waals surface area contributed by atoms with Crippen molar-refractivity contribution in [3.05, 3.63) is 25.3 Å². The molecule has 0 aromatic carbocycles. The zero-order valence-electron chi connectivity index (χ0n) is 6.56. The van der Waals surface area contributed by atoms with Gasteiger partial charge in [0.2, 0.25) is 0 Å². The zero-order chi connectivity index (χ0) is 9.40. The molecule has 0 N–H and O–H groups in total. The van der Waals surface area contributed by atoms with Gasteiger partial charge >= 0.3 is 96.2 Å². The second-order valence-electron chi connectivity index (χ2n) is 1.79. The van der Waals surface area contributed by atoms with Gasteiger partial charge in [0.05, 0.1) is 0 Å². The van der Waals surface area contributed by atoms with Crippen LogP contribution in [-0.2, 0) is 17.0 Å². The molecule has 67 valence electrons. The molecule has 0 rings (SSSR count). The molecule has 0 amide bonds. The van der Waals surface area contributed by atoms with Crippen LogP contribution < -0.4 is 0 Å². The Morgan fingerprint density at radius 3 is 2.58 bits per heavy atom. The van der Waals surface area contributed by atoms with Crippen molar-refractivity contribution in [2.45, 2.75) is 0 Å². The van der Waals surface area contributed by atoms with E-state index in [1.807, 2.05) is 12.2 Å². The van der Waals surface area contributed by atoms with Crippen molar-refractivity contribution in [2.24, 2.45) is 0 Å². The fraction of sp³-hybridized carbons (Fsp3) is 0.286. The Morgan fingerprint density at radius 1 is 1.50 bits per heavy atom. The van der Waals surface area contributed by atoms with E-state index in [0.29, 0.717) is 0 Å². The van der Waals surface area contributed by atoms with Gasteiger partial charge in [0.15, 0.2) is 0 Å². The van der Waals surface area contributed by atoms with Crippen molar-refractivity contribution in [2.75, 3.05) is 12.3 Å². The number of rotatable bonds is 5. The van der Waals surface area contributed by atoms with Crippen LogP contribution in [0.25, 0.3) is 0 Å². The average Bonchev–Trinajstić information content (AvgIpc) is 2.10. The molecule has 1 nitrogen and oxygen atoms in total. The van der Waals surface area contributed by atoms with Gasteiger partial charge in [-0.1, -0.05) is 0 Å². The maximum absolute atomic E-state index is 5.16. The van der Waals surface area contributed by atoms with Gasteiger partial charge in [-0.2, -0.15) is 0 Å². The molecule has 0 unspecified atom stereocenters. The second-order valence-corrected chi connectivity index (χ2v) is 5.78. The molecule has 5 heteroatoms. The molecule has 0 aliphatic heterocycles. The van der Waals surface area contributed by atoms with E-state index in [9.17, 15) is 0 Å². The molecule has 0 spiro atoms. The van der Waals surface area contributed by atoms with Crippen LogP contribution in [-0.4, -0.2) is 20.1 Å². The third-order valence-electron chi connectivity index (χ3n) is 0.913. The molecular formula is C7H10MoNS3. The van der Waals surface area contributed by atoms with Crippen molar-refractivity contribution in [1.29, 1.82) is 0 Å². The molecule has 0 saturated heterocycles.